The molecule has 0 saturated carbocycles. The van der Waals surface area contributed by atoms with Crippen LogP contribution in [0.5, 0.6) is 0 Å². The van der Waals surface area contributed by atoms with Crippen LogP contribution in [0.2, 0.25) is 0 Å². The summed E-state index contributed by atoms with van der Waals surface area (Å²) in [4.78, 5) is 2.35. The van der Waals surface area contributed by atoms with Gasteiger partial charge in [0.2, 0.25) is 0 Å². The summed E-state index contributed by atoms with van der Waals surface area (Å²) in [5, 5.41) is 3.57. The zero-order valence-corrected chi connectivity index (χ0v) is 35.5. The number of hydrogen-bond donors (Lipinski definition) is 0. The van der Waals surface area contributed by atoms with E-state index < -0.39 is 0 Å². The molecule has 0 radical (unpaired) electrons. The molecule has 304 valence electrons. The highest BCUT2D eigenvalue weighted by molar-refractivity contribution is 6.07. The number of rotatable bonds is 8. The van der Waals surface area contributed by atoms with Gasteiger partial charge in [0, 0.05) is 56.2 Å². The van der Waals surface area contributed by atoms with E-state index in [2.05, 4.69) is 241 Å². The van der Waals surface area contributed by atoms with E-state index in [4.69, 9.17) is 4.42 Å². The molecule has 1 atom stereocenters. The smallest absolute Gasteiger partial charge is 0.137 e. The van der Waals surface area contributed by atoms with Crippen LogP contribution in [0, 0.1) is 5.92 Å². The van der Waals surface area contributed by atoms with Gasteiger partial charge in [-0.05, 0) is 124 Å². The highest BCUT2D eigenvalue weighted by Gasteiger charge is 2.24. The van der Waals surface area contributed by atoms with Crippen LogP contribution in [-0.4, -0.2) is 4.57 Å². The van der Waals surface area contributed by atoms with Gasteiger partial charge in [-0.1, -0.05) is 165 Å². The molecule has 0 fully saturated rings. The Balaban J connectivity index is 0.910. The molecule has 0 saturated heterocycles. The lowest BCUT2D eigenvalue weighted by molar-refractivity contribution is 0.667. The molecule has 0 N–H and O–H groups in total. The molecule has 12 rings (SSSR count). The van der Waals surface area contributed by atoms with Gasteiger partial charge in [0.15, 0.2) is 0 Å². The number of fused-ring (bicyclic) bond motifs is 6. The first-order valence-electron chi connectivity index (χ1n) is 22.2. The van der Waals surface area contributed by atoms with Crippen molar-refractivity contribution in [2.45, 2.75) is 13.3 Å². The first-order chi connectivity index (χ1) is 31.6. The third-order valence-corrected chi connectivity index (χ3v) is 12.9. The highest BCUT2D eigenvalue weighted by Crippen LogP contribution is 2.43. The van der Waals surface area contributed by atoms with Crippen molar-refractivity contribution >= 4 is 56.0 Å². The third-order valence-electron chi connectivity index (χ3n) is 12.9. The van der Waals surface area contributed by atoms with Crippen molar-refractivity contribution in [3.05, 3.63) is 236 Å². The molecule has 64 heavy (non-hydrogen) atoms. The molecular weight excluding hydrogens is 777 g/mol. The molecule has 3 heteroatoms. The first kappa shape index (κ1) is 37.6. The third kappa shape index (κ3) is 6.61. The fourth-order valence-electron chi connectivity index (χ4n) is 9.83. The minimum absolute atomic E-state index is 0.440. The summed E-state index contributed by atoms with van der Waals surface area (Å²) in [5.74, 6) is 0.440. The van der Waals surface area contributed by atoms with E-state index in [1.807, 2.05) is 6.07 Å². The molecule has 0 aliphatic heterocycles. The van der Waals surface area contributed by atoms with Crippen molar-refractivity contribution in [3.8, 4) is 50.2 Å². The Hall–Kier alpha value is -8.14. The molecule has 2 heterocycles. The van der Waals surface area contributed by atoms with Gasteiger partial charge < -0.3 is 13.9 Å². The first-order valence-corrected chi connectivity index (χ1v) is 22.2. The monoisotopic (exact) mass is 820 g/mol. The number of nitrogens with zero attached hydrogens (tertiary/aromatic N) is 2. The van der Waals surface area contributed by atoms with E-state index in [1.165, 1.54) is 61.1 Å². The van der Waals surface area contributed by atoms with Crippen LogP contribution >= 0.6 is 0 Å². The van der Waals surface area contributed by atoms with E-state index in [0.29, 0.717) is 5.92 Å². The maximum atomic E-state index is 6.40. The summed E-state index contributed by atoms with van der Waals surface area (Å²) in [6.45, 7) is 2.31. The second-order valence-corrected chi connectivity index (χ2v) is 17.0. The normalized spacial score (nSPS) is 13.4. The average Bonchev–Trinajstić information content (AvgIpc) is 3.90. The van der Waals surface area contributed by atoms with E-state index in [9.17, 15) is 0 Å². The number of anilines is 3. The fraction of sp³-hybridized carbons (Fsp3) is 0.0492. The Morgan fingerprint density at radius 1 is 0.453 bits per heavy atom. The zero-order valence-electron chi connectivity index (χ0n) is 35.5. The minimum atomic E-state index is 0.440. The Kier molecular flexibility index (Phi) is 9.19. The van der Waals surface area contributed by atoms with Crippen molar-refractivity contribution in [1.82, 2.24) is 4.57 Å². The van der Waals surface area contributed by atoms with Gasteiger partial charge in [-0.15, -0.1) is 0 Å². The molecule has 11 aromatic rings. The van der Waals surface area contributed by atoms with Crippen LogP contribution < -0.4 is 4.90 Å². The predicted molar refractivity (Wildman–Crippen MR) is 269 cm³/mol. The Morgan fingerprint density at radius 3 is 1.81 bits per heavy atom. The molecule has 2 aromatic heterocycles. The highest BCUT2D eigenvalue weighted by atomic mass is 16.3. The summed E-state index contributed by atoms with van der Waals surface area (Å²) in [6, 6.07) is 78.8. The van der Waals surface area contributed by atoms with Crippen LogP contribution in [0.3, 0.4) is 0 Å². The van der Waals surface area contributed by atoms with Crippen LogP contribution in [-0.2, 0) is 6.42 Å². The molecular formula is C61H44N2O. The summed E-state index contributed by atoms with van der Waals surface area (Å²) >= 11 is 0. The van der Waals surface area contributed by atoms with E-state index in [0.717, 1.165) is 56.7 Å². The number of para-hydroxylation sites is 2. The SMILES string of the molecule is CC1C=Cc2c(n(-c3ccc4c(c3)oc3ccccc34)c3cccc(-c4cccc(-c5cccc(N(c6ccccc6)c6ccc(-c7ccc(-c8ccccc8)cc7)cc6)c5)c4)c23)C1. The number of aromatic nitrogens is 1. The second kappa shape index (κ2) is 15.6. The van der Waals surface area contributed by atoms with Crippen molar-refractivity contribution in [2.75, 3.05) is 4.90 Å². The molecule has 9 aromatic carbocycles. The van der Waals surface area contributed by atoms with Crippen LogP contribution in [0.15, 0.2) is 229 Å². The molecule has 0 amide bonds. The average molecular weight is 821 g/mol. The molecule has 0 bridgehead atoms. The lowest BCUT2D eigenvalue weighted by Gasteiger charge is -2.26. The Bertz CT molecular complexity index is 3520. The molecule has 0 spiro atoms. The lowest BCUT2D eigenvalue weighted by atomic mass is 9.91. The Labute approximate surface area is 373 Å². The van der Waals surface area contributed by atoms with E-state index >= 15 is 0 Å². The maximum absolute atomic E-state index is 6.40. The standard InChI is InChI=1S/C61H44N2O/c1-41-25-35-56-58(37-41)63(52-34-36-55-54-21-8-9-24-59(54)64-60(55)40-52)57-23-12-22-53(61(56)57)48-17-10-15-46(38-48)47-16-11-20-51(39-47)62(49-18-6-3-7-19-49)50-32-30-45(31-33-50)44-28-26-43(27-29-44)42-13-4-2-5-14-42/h2-36,38-41H,37H2,1H3. The summed E-state index contributed by atoms with van der Waals surface area (Å²) in [5.41, 5.74) is 19.7. The van der Waals surface area contributed by atoms with Crippen molar-refractivity contribution in [2.24, 2.45) is 5.92 Å². The second-order valence-electron chi connectivity index (χ2n) is 17.0. The van der Waals surface area contributed by atoms with Crippen LogP contribution in [0.1, 0.15) is 18.2 Å². The van der Waals surface area contributed by atoms with Gasteiger partial charge in [-0.2, -0.15) is 0 Å². The van der Waals surface area contributed by atoms with Crippen molar-refractivity contribution in [1.29, 1.82) is 0 Å². The number of benzene rings is 9. The van der Waals surface area contributed by atoms with Crippen molar-refractivity contribution < 1.29 is 4.42 Å². The van der Waals surface area contributed by atoms with Gasteiger partial charge in [0.1, 0.15) is 11.2 Å². The topological polar surface area (TPSA) is 21.3 Å². The number of hydrogen-bond acceptors (Lipinski definition) is 2. The van der Waals surface area contributed by atoms with Gasteiger partial charge in [0.25, 0.3) is 0 Å². The molecule has 1 aliphatic carbocycles. The number of furan rings is 1. The van der Waals surface area contributed by atoms with Gasteiger partial charge in [-0.3, -0.25) is 0 Å². The fourth-order valence-corrected chi connectivity index (χ4v) is 9.83. The molecule has 1 aliphatic rings. The predicted octanol–water partition coefficient (Wildman–Crippen LogP) is 16.9. The number of allylic oxidation sites excluding steroid dienone is 1. The summed E-state index contributed by atoms with van der Waals surface area (Å²) in [7, 11) is 0. The molecule has 3 nitrogen and oxygen atoms in total. The van der Waals surface area contributed by atoms with Crippen LogP contribution in [0.25, 0.3) is 89.1 Å². The van der Waals surface area contributed by atoms with Crippen LogP contribution in [0.4, 0.5) is 17.1 Å². The maximum Gasteiger partial charge on any atom is 0.137 e. The quantitative estimate of drug-likeness (QED) is 0.152. The Morgan fingerprint density at radius 2 is 1.03 bits per heavy atom. The summed E-state index contributed by atoms with van der Waals surface area (Å²) < 4.78 is 8.87. The minimum Gasteiger partial charge on any atom is -0.456 e. The van der Waals surface area contributed by atoms with E-state index in [-0.39, 0.29) is 0 Å². The molecule has 1 unspecified atom stereocenters. The zero-order chi connectivity index (χ0) is 42.6. The van der Waals surface area contributed by atoms with E-state index in [1.54, 1.807) is 0 Å². The van der Waals surface area contributed by atoms with Crippen molar-refractivity contribution in [3.63, 3.8) is 0 Å². The van der Waals surface area contributed by atoms with Gasteiger partial charge in [0.05, 0.1) is 5.52 Å². The summed E-state index contributed by atoms with van der Waals surface area (Å²) in [6.07, 6.45) is 5.68. The largest absolute Gasteiger partial charge is 0.456 e. The van der Waals surface area contributed by atoms with Gasteiger partial charge >= 0.3 is 0 Å². The van der Waals surface area contributed by atoms with Gasteiger partial charge in [-0.25, -0.2) is 0 Å². The lowest BCUT2D eigenvalue weighted by Crippen LogP contribution is -2.09.